The fraction of sp³-hybridized carbons (Fsp3) is 0.394. The third-order valence-corrected chi connectivity index (χ3v) is 6.72. The zero-order valence-electron chi connectivity index (χ0n) is 24.3. The number of carbonyl (C=O) groups is 2. The van der Waals surface area contributed by atoms with Gasteiger partial charge in [-0.1, -0.05) is 45.1 Å². The van der Waals surface area contributed by atoms with Crippen LogP contribution in [0.3, 0.4) is 0 Å². The van der Waals surface area contributed by atoms with Gasteiger partial charge in [-0.3, -0.25) is 4.79 Å². The van der Waals surface area contributed by atoms with Crippen molar-refractivity contribution in [1.82, 2.24) is 10.2 Å². The highest BCUT2D eigenvalue weighted by atomic mass is 16.5. The number of benzene rings is 2. The zero-order chi connectivity index (χ0) is 28.9. The van der Waals surface area contributed by atoms with Gasteiger partial charge in [-0.05, 0) is 81.8 Å². The highest BCUT2D eigenvalue weighted by Gasteiger charge is 2.16. The van der Waals surface area contributed by atoms with E-state index in [1.807, 2.05) is 26.0 Å². The molecule has 4 rings (SSSR count). The number of nitrogens with zero attached hydrogens (tertiary/aromatic N) is 1. The van der Waals surface area contributed by atoms with E-state index < -0.39 is 6.03 Å². The molecule has 0 unspecified atom stereocenters. The molecule has 1 aliphatic carbocycles. The molecule has 2 aromatic rings. The molecule has 1 aliphatic heterocycles. The van der Waals surface area contributed by atoms with Gasteiger partial charge in [-0.25, -0.2) is 4.79 Å². The van der Waals surface area contributed by atoms with Gasteiger partial charge < -0.3 is 30.3 Å². The van der Waals surface area contributed by atoms with E-state index in [0.717, 1.165) is 25.4 Å². The van der Waals surface area contributed by atoms with Crippen LogP contribution < -0.4 is 25.4 Å². The molecule has 41 heavy (non-hydrogen) atoms. The molecule has 0 atom stereocenters. The number of rotatable bonds is 9. The van der Waals surface area contributed by atoms with E-state index >= 15 is 0 Å². The van der Waals surface area contributed by atoms with Gasteiger partial charge in [0.1, 0.15) is 11.5 Å². The third-order valence-electron chi connectivity index (χ3n) is 6.72. The van der Waals surface area contributed by atoms with E-state index in [4.69, 9.17) is 9.47 Å². The number of nitrogens with one attached hydrogen (secondary N) is 3. The van der Waals surface area contributed by atoms with Gasteiger partial charge in [0.25, 0.3) is 5.91 Å². The normalized spacial score (nSPS) is 14.5. The molecule has 0 aromatic heterocycles. The van der Waals surface area contributed by atoms with E-state index in [9.17, 15) is 9.59 Å². The molecule has 1 fully saturated rings. The van der Waals surface area contributed by atoms with E-state index in [0.29, 0.717) is 41.4 Å². The standard InChI is InChI=1S/C30H36N4O4.C2H6.CH4/c1-21-9-12-25(13-10-22(21)2)38-28-14-11-23(29(35)31-15-18-34-16-4-5-17-34)19-27(28)33-30(36)32-24-7-6-8-26(20-24)37-3;1-2;/h6-12,14,19-20H,4-5,13,15-18H2,1-3H3,(H,31,35)(H2,32,33,36);1-2H3;1H4. The van der Waals surface area contributed by atoms with Crippen LogP contribution in [0.15, 0.2) is 77.6 Å². The van der Waals surface area contributed by atoms with Crippen molar-refractivity contribution in [2.45, 2.75) is 54.4 Å². The molecule has 2 aromatic carbocycles. The van der Waals surface area contributed by atoms with Crippen molar-refractivity contribution < 1.29 is 19.1 Å². The van der Waals surface area contributed by atoms with E-state index in [-0.39, 0.29) is 13.3 Å². The minimum absolute atomic E-state index is 0. The summed E-state index contributed by atoms with van der Waals surface area (Å²) in [6.45, 7) is 11.7. The van der Waals surface area contributed by atoms with Crippen LogP contribution in [0.5, 0.6) is 11.5 Å². The number of hydrogen-bond donors (Lipinski definition) is 3. The highest BCUT2D eigenvalue weighted by Crippen LogP contribution is 2.30. The van der Waals surface area contributed by atoms with E-state index in [2.05, 4.69) is 40.8 Å². The number of carbonyl (C=O) groups excluding carboxylic acids is 2. The van der Waals surface area contributed by atoms with Gasteiger partial charge in [0.05, 0.1) is 12.8 Å². The lowest BCUT2D eigenvalue weighted by Gasteiger charge is -2.17. The molecule has 3 amide bonds. The van der Waals surface area contributed by atoms with Crippen LogP contribution in [0.1, 0.15) is 64.7 Å². The second-order valence-corrected chi connectivity index (χ2v) is 9.50. The van der Waals surface area contributed by atoms with E-state index in [1.54, 1.807) is 49.6 Å². The number of hydrogen-bond acceptors (Lipinski definition) is 5. The summed E-state index contributed by atoms with van der Waals surface area (Å²) in [6.07, 6.45) is 9.09. The Hall–Kier alpha value is -4.04. The lowest BCUT2D eigenvalue weighted by atomic mass is 10.1. The Bertz CT molecular complexity index is 1260. The van der Waals surface area contributed by atoms with Gasteiger partial charge in [-0.2, -0.15) is 0 Å². The van der Waals surface area contributed by atoms with Crippen molar-refractivity contribution in [2.75, 3.05) is 43.9 Å². The molecule has 1 heterocycles. The summed E-state index contributed by atoms with van der Waals surface area (Å²) < 4.78 is 11.4. The Morgan fingerprint density at radius 2 is 1.71 bits per heavy atom. The molecular formula is C33H46N4O4. The second kappa shape index (κ2) is 16.9. The van der Waals surface area contributed by atoms with Crippen molar-refractivity contribution in [3.63, 3.8) is 0 Å². The van der Waals surface area contributed by atoms with Gasteiger partial charge in [-0.15, -0.1) is 0 Å². The van der Waals surface area contributed by atoms with Crippen molar-refractivity contribution in [3.05, 3.63) is 83.2 Å². The van der Waals surface area contributed by atoms with Crippen molar-refractivity contribution in [1.29, 1.82) is 0 Å². The van der Waals surface area contributed by atoms with Crippen molar-refractivity contribution >= 4 is 23.3 Å². The first-order valence-corrected chi connectivity index (χ1v) is 14.0. The summed E-state index contributed by atoms with van der Waals surface area (Å²) in [5.41, 5.74) is 3.77. The van der Waals surface area contributed by atoms with Crippen molar-refractivity contribution in [2.24, 2.45) is 0 Å². The molecular weight excluding hydrogens is 516 g/mol. The first-order chi connectivity index (χ1) is 19.4. The lowest BCUT2D eigenvalue weighted by Crippen LogP contribution is -2.33. The third kappa shape index (κ3) is 10.1. The number of methoxy groups -OCH3 is 1. The predicted molar refractivity (Wildman–Crippen MR) is 169 cm³/mol. The summed E-state index contributed by atoms with van der Waals surface area (Å²) >= 11 is 0. The number of allylic oxidation sites excluding steroid dienone is 5. The molecule has 3 N–H and O–H groups in total. The Morgan fingerprint density at radius 3 is 2.44 bits per heavy atom. The Morgan fingerprint density at radius 1 is 0.951 bits per heavy atom. The lowest BCUT2D eigenvalue weighted by molar-refractivity contribution is 0.0949. The summed E-state index contributed by atoms with van der Waals surface area (Å²) in [4.78, 5) is 28.2. The molecule has 0 radical (unpaired) electrons. The number of amides is 3. The van der Waals surface area contributed by atoms with Crippen LogP contribution in [-0.2, 0) is 0 Å². The summed E-state index contributed by atoms with van der Waals surface area (Å²) in [6, 6.07) is 11.7. The quantitative estimate of drug-likeness (QED) is 0.296. The minimum atomic E-state index is -0.462. The molecule has 0 bridgehead atoms. The molecule has 0 spiro atoms. The van der Waals surface area contributed by atoms with Crippen molar-refractivity contribution in [3.8, 4) is 11.5 Å². The largest absolute Gasteiger partial charge is 0.497 e. The van der Waals surface area contributed by atoms with Crippen LogP contribution in [-0.4, -0.2) is 50.1 Å². The maximum atomic E-state index is 12.9. The number of ether oxygens (including phenoxy) is 2. The molecule has 0 saturated carbocycles. The summed E-state index contributed by atoms with van der Waals surface area (Å²) in [7, 11) is 1.57. The Balaban J connectivity index is 0.00000192. The minimum Gasteiger partial charge on any atom is -0.497 e. The topological polar surface area (TPSA) is 91.9 Å². The highest BCUT2D eigenvalue weighted by molar-refractivity contribution is 6.02. The van der Waals surface area contributed by atoms with Crippen LogP contribution in [0.4, 0.5) is 16.2 Å². The van der Waals surface area contributed by atoms with Gasteiger partial charge in [0, 0.05) is 36.8 Å². The second-order valence-electron chi connectivity index (χ2n) is 9.50. The molecule has 8 heteroatoms. The number of anilines is 2. The predicted octanol–water partition coefficient (Wildman–Crippen LogP) is 7.39. The summed E-state index contributed by atoms with van der Waals surface area (Å²) in [5.74, 6) is 1.62. The van der Waals surface area contributed by atoms with Gasteiger partial charge in [0.2, 0.25) is 0 Å². The zero-order valence-corrected chi connectivity index (χ0v) is 24.3. The van der Waals surface area contributed by atoms with Gasteiger partial charge >= 0.3 is 6.03 Å². The SMILES string of the molecule is C.CC.COc1cccc(NC(=O)Nc2cc(C(=O)NCCN3CCCC3)ccc2OC2=CC=C(C)C(C)=CC2)c1. The fourth-order valence-corrected chi connectivity index (χ4v) is 4.33. The average Bonchev–Trinajstić information content (AvgIpc) is 3.44. The number of urea groups is 1. The molecule has 2 aliphatic rings. The van der Waals surface area contributed by atoms with E-state index in [1.165, 1.54) is 24.0 Å². The first kappa shape index (κ1) is 33.2. The maximum Gasteiger partial charge on any atom is 0.323 e. The average molecular weight is 563 g/mol. The monoisotopic (exact) mass is 562 g/mol. The molecule has 1 saturated heterocycles. The Kier molecular flexibility index (Phi) is 13.7. The molecule has 8 nitrogen and oxygen atoms in total. The fourth-order valence-electron chi connectivity index (χ4n) is 4.33. The maximum absolute atomic E-state index is 12.9. The number of likely N-dealkylation sites (tertiary alicyclic amines) is 1. The first-order valence-electron chi connectivity index (χ1n) is 14.0. The van der Waals surface area contributed by atoms with Gasteiger partial charge in [0.15, 0.2) is 5.75 Å². The van der Waals surface area contributed by atoms with Crippen LogP contribution in [0.2, 0.25) is 0 Å². The molecule has 222 valence electrons. The smallest absolute Gasteiger partial charge is 0.323 e. The van der Waals surface area contributed by atoms with Crippen LogP contribution >= 0.6 is 0 Å². The Labute approximate surface area is 245 Å². The van der Waals surface area contributed by atoms with Crippen LogP contribution in [0, 0.1) is 0 Å². The summed E-state index contributed by atoms with van der Waals surface area (Å²) in [5, 5.41) is 8.65. The van der Waals surface area contributed by atoms with Crippen LogP contribution in [0.25, 0.3) is 0 Å².